The minimum atomic E-state index is -0.0457. The Kier molecular flexibility index (Phi) is 2.38. The Hall–Kier alpha value is -2.55. The SMILES string of the molecule is N=C(N)Nc1cccc2cc3ccccc3cc12. The molecule has 18 heavy (non-hydrogen) atoms. The molecule has 0 saturated heterocycles. The molecular formula is C15H13N3. The number of nitrogens with one attached hydrogen (secondary N) is 2. The summed E-state index contributed by atoms with van der Waals surface area (Å²) in [7, 11) is 0. The van der Waals surface area contributed by atoms with Gasteiger partial charge in [0.15, 0.2) is 5.96 Å². The summed E-state index contributed by atoms with van der Waals surface area (Å²) in [5, 5.41) is 14.8. The second-order valence-electron chi connectivity index (χ2n) is 4.26. The van der Waals surface area contributed by atoms with Gasteiger partial charge in [-0.1, -0.05) is 36.4 Å². The maximum Gasteiger partial charge on any atom is 0.190 e. The fraction of sp³-hybridized carbons (Fsp3) is 0. The van der Waals surface area contributed by atoms with Crippen molar-refractivity contribution in [1.82, 2.24) is 0 Å². The summed E-state index contributed by atoms with van der Waals surface area (Å²) in [6.07, 6.45) is 0. The van der Waals surface area contributed by atoms with Gasteiger partial charge in [0.05, 0.1) is 0 Å². The van der Waals surface area contributed by atoms with Gasteiger partial charge in [-0.2, -0.15) is 0 Å². The standard InChI is InChI=1S/C15H13N3/c16-15(17)18-14-7-3-6-12-8-10-4-1-2-5-11(10)9-13(12)14/h1-9H,(H4,16,17,18). The zero-order chi connectivity index (χ0) is 12.5. The lowest BCUT2D eigenvalue weighted by Gasteiger charge is -2.09. The van der Waals surface area contributed by atoms with Crippen LogP contribution < -0.4 is 11.1 Å². The summed E-state index contributed by atoms with van der Waals surface area (Å²) in [6, 6.07) is 18.5. The van der Waals surface area contributed by atoms with Crippen LogP contribution in [0.15, 0.2) is 54.6 Å². The third-order valence-corrected chi connectivity index (χ3v) is 3.02. The topological polar surface area (TPSA) is 61.9 Å². The molecule has 3 nitrogen and oxygen atoms in total. The molecule has 0 radical (unpaired) electrons. The number of anilines is 1. The molecule has 0 aromatic heterocycles. The maximum absolute atomic E-state index is 7.34. The first-order chi connectivity index (χ1) is 8.74. The van der Waals surface area contributed by atoms with Gasteiger partial charge in [0.25, 0.3) is 0 Å². The molecular weight excluding hydrogens is 222 g/mol. The number of rotatable bonds is 1. The van der Waals surface area contributed by atoms with Gasteiger partial charge in [-0.25, -0.2) is 0 Å². The van der Waals surface area contributed by atoms with E-state index in [-0.39, 0.29) is 5.96 Å². The highest BCUT2D eigenvalue weighted by molar-refractivity contribution is 6.07. The van der Waals surface area contributed by atoms with E-state index in [0.717, 1.165) is 16.5 Å². The summed E-state index contributed by atoms with van der Waals surface area (Å²) in [4.78, 5) is 0. The summed E-state index contributed by atoms with van der Waals surface area (Å²) in [5.74, 6) is -0.0457. The van der Waals surface area contributed by atoms with E-state index in [4.69, 9.17) is 11.1 Å². The van der Waals surface area contributed by atoms with E-state index in [1.165, 1.54) is 10.8 Å². The van der Waals surface area contributed by atoms with Crippen molar-refractivity contribution in [2.75, 3.05) is 5.32 Å². The molecule has 0 amide bonds. The van der Waals surface area contributed by atoms with Gasteiger partial charge >= 0.3 is 0 Å². The van der Waals surface area contributed by atoms with E-state index >= 15 is 0 Å². The zero-order valence-electron chi connectivity index (χ0n) is 9.77. The Morgan fingerprint density at radius 2 is 1.56 bits per heavy atom. The van der Waals surface area contributed by atoms with Gasteiger partial charge in [0, 0.05) is 11.1 Å². The van der Waals surface area contributed by atoms with Crippen LogP contribution in [0.5, 0.6) is 0 Å². The predicted octanol–water partition coefficient (Wildman–Crippen LogP) is 3.30. The Morgan fingerprint density at radius 1 is 0.889 bits per heavy atom. The Bertz CT molecular complexity index is 747. The van der Waals surface area contributed by atoms with Gasteiger partial charge in [0.1, 0.15) is 0 Å². The normalized spacial score (nSPS) is 10.7. The number of nitrogens with two attached hydrogens (primary N) is 1. The van der Waals surface area contributed by atoms with Gasteiger partial charge in [-0.3, -0.25) is 5.41 Å². The van der Waals surface area contributed by atoms with E-state index in [0.29, 0.717) is 0 Å². The molecule has 88 valence electrons. The highest BCUT2D eigenvalue weighted by Gasteiger charge is 2.03. The van der Waals surface area contributed by atoms with Crippen LogP contribution in [0, 0.1) is 5.41 Å². The van der Waals surface area contributed by atoms with E-state index in [1.807, 2.05) is 24.3 Å². The van der Waals surface area contributed by atoms with Crippen LogP contribution in [0.25, 0.3) is 21.5 Å². The molecule has 0 atom stereocenters. The second kappa shape index (κ2) is 4.04. The number of benzene rings is 3. The third-order valence-electron chi connectivity index (χ3n) is 3.02. The van der Waals surface area contributed by atoms with E-state index in [1.54, 1.807) is 0 Å². The Balaban J connectivity index is 2.32. The number of fused-ring (bicyclic) bond motifs is 2. The summed E-state index contributed by atoms with van der Waals surface area (Å²) >= 11 is 0. The fourth-order valence-corrected chi connectivity index (χ4v) is 2.22. The first-order valence-electron chi connectivity index (χ1n) is 5.76. The van der Waals surface area contributed by atoms with E-state index < -0.39 is 0 Å². The number of hydrogen-bond donors (Lipinski definition) is 3. The molecule has 3 aromatic carbocycles. The van der Waals surface area contributed by atoms with E-state index in [9.17, 15) is 0 Å². The van der Waals surface area contributed by atoms with Crippen molar-refractivity contribution in [1.29, 1.82) is 5.41 Å². The van der Waals surface area contributed by atoms with E-state index in [2.05, 4.69) is 35.6 Å². The monoisotopic (exact) mass is 235 g/mol. The van der Waals surface area contributed by atoms with Crippen LogP contribution in [0.4, 0.5) is 5.69 Å². The molecule has 3 aromatic rings. The van der Waals surface area contributed by atoms with Crippen LogP contribution >= 0.6 is 0 Å². The van der Waals surface area contributed by atoms with Crippen LogP contribution in [-0.2, 0) is 0 Å². The lowest BCUT2D eigenvalue weighted by molar-refractivity contribution is 1.42. The predicted molar refractivity (Wildman–Crippen MR) is 77.0 cm³/mol. The highest BCUT2D eigenvalue weighted by Crippen LogP contribution is 2.28. The zero-order valence-corrected chi connectivity index (χ0v) is 9.77. The van der Waals surface area contributed by atoms with Crippen LogP contribution in [-0.4, -0.2) is 5.96 Å². The van der Waals surface area contributed by atoms with Gasteiger partial charge in [-0.15, -0.1) is 0 Å². The van der Waals surface area contributed by atoms with Crippen molar-refractivity contribution in [2.24, 2.45) is 5.73 Å². The van der Waals surface area contributed by atoms with Gasteiger partial charge in [0.2, 0.25) is 0 Å². The molecule has 3 rings (SSSR count). The maximum atomic E-state index is 7.34. The third kappa shape index (κ3) is 1.76. The van der Waals surface area contributed by atoms with Crippen LogP contribution in [0.1, 0.15) is 0 Å². The van der Waals surface area contributed by atoms with Crippen molar-refractivity contribution >= 4 is 33.2 Å². The summed E-state index contributed by atoms with van der Waals surface area (Å²) in [6.45, 7) is 0. The van der Waals surface area contributed by atoms with Crippen molar-refractivity contribution in [2.45, 2.75) is 0 Å². The highest BCUT2D eigenvalue weighted by atomic mass is 15.0. The Morgan fingerprint density at radius 3 is 2.28 bits per heavy atom. The minimum Gasteiger partial charge on any atom is -0.370 e. The van der Waals surface area contributed by atoms with Gasteiger partial charge in [-0.05, 0) is 34.4 Å². The molecule has 4 N–H and O–H groups in total. The van der Waals surface area contributed by atoms with Crippen molar-refractivity contribution in [3.05, 3.63) is 54.6 Å². The molecule has 0 spiro atoms. The van der Waals surface area contributed by atoms with Gasteiger partial charge < -0.3 is 11.1 Å². The molecule has 0 aliphatic heterocycles. The molecule has 0 aliphatic carbocycles. The summed E-state index contributed by atoms with van der Waals surface area (Å²) in [5.41, 5.74) is 6.27. The lowest BCUT2D eigenvalue weighted by Crippen LogP contribution is -2.20. The first-order valence-corrected chi connectivity index (χ1v) is 5.76. The molecule has 0 unspecified atom stereocenters. The number of guanidine groups is 1. The average Bonchev–Trinajstić information content (AvgIpc) is 2.36. The average molecular weight is 235 g/mol. The van der Waals surface area contributed by atoms with Crippen LogP contribution in [0.2, 0.25) is 0 Å². The molecule has 0 saturated carbocycles. The van der Waals surface area contributed by atoms with Crippen molar-refractivity contribution in [3.8, 4) is 0 Å². The molecule has 0 fully saturated rings. The second-order valence-corrected chi connectivity index (χ2v) is 4.26. The smallest absolute Gasteiger partial charge is 0.190 e. The number of hydrogen-bond acceptors (Lipinski definition) is 1. The quantitative estimate of drug-likeness (QED) is 0.344. The first kappa shape index (κ1) is 10.6. The molecule has 0 aliphatic rings. The van der Waals surface area contributed by atoms with Crippen molar-refractivity contribution in [3.63, 3.8) is 0 Å². The molecule has 0 bridgehead atoms. The molecule has 3 heteroatoms. The lowest BCUT2D eigenvalue weighted by atomic mass is 10.0. The largest absolute Gasteiger partial charge is 0.370 e. The van der Waals surface area contributed by atoms with Crippen LogP contribution in [0.3, 0.4) is 0 Å². The Labute approximate surface area is 105 Å². The molecule has 0 heterocycles. The minimum absolute atomic E-state index is 0.0457. The fourth-order valence-electron chi connectivity index (χ4n) is 2.22. The summed E-state index contributed by atoms with van der Waals surface area (Å²) < 4.78 is 0. The van der Waals surface area contributed by atoms with Crippen molar-refractivity contribution < 1.29 is 0 Å².